The zero-order valence-electron chi connectivity index (χ0n) is 21.9. The first-order chi connectivity index (χ1) is 17.8. The van der Waals surface area contributed by atoms with Crippen LogP contribution in [0.4, 0.5) is 20.9 Å². The molecule has 8 nitrogen and oxygen atoms in total. The Morgan fingerprint density at radius 3 is 2.45 bits per heavy atom. The molecule has 38 heavy (non-hydrogen) atoms. The fraction of sp³-hybridized carbons (Fsp3) is 0.407. The molecule has 0 aliphatic carbocycles. The highest BCUT2D eigenvalue weighted by Gasteiger charge is 2.41. The quantitative estimate of drug-likeness (QED) is 0.452. The number of thiazole rings is 1. The van der Waals surface area contributed by atoms with Gasteiger partial charge in [0, 0.05) is 37.3 Å². The predicted octanol–water partition coefficient (Wildman–Crippen LogP) is 5.51. The lowest BCUT2D eigenvalue weighted by Gasteiger charge is -2.47. The van der Waals surface area contributed by atoms with Gasteiger partial charge in [0.15, 0.2) is 5.13 Å². The second-order valence-electron chi connectivity index (χ2n) is 11.0. The highest BCUT2D eigenvalue weighted by molar-refractivity contribution is 7.17. The fourth-order valence-corrected chi connectivity index (χ4v) is 6.32. The Balaban J connectivity index is 1.39. The minimum Gasteiger partial charge on any atom is -0.477 e. The summed E-state index contributed by atoms with van der Waals surface area (Å²) in [5.74, 6) is -1.63. The molecular formula is C27H29ClFN5O3S. The molecule has 5 rings (SSSR count). The summed E-state index contributed by atoms with van der Waals surface area (Å²) in [6, 6.07) is 8.35. The van der Waals surface area contributed by atoms with Crippen molar-refractivity contribution in [3.05, 3.63) is 63.1 Å². The Labute approximate surface area is 229 Å². The number of benzene rings is 1. The van der Waals surface area contributed by atoms with Gasteiger partial charge in [-0.3, -0.25) is 4.79 Å². The van der Waals surface area contributed by atoms with E-state index >= 15 is 0 Å². The van der Waals surface area contributed by atoms with E-state index in [0.717, 1.165) is 22.7 Å². The third-order valence-electron chi connectivity index (χ3n) is 7.19. The topological polar surface area (TPSA) is 89.9 Å². The number of aromatic carboxylic acids is 1. The molecule has 0 saturated carbocycles. The monoisotopic (exact) mass is 557 g/mol. The molecule has 3 aromatic rings. The van der Waals surface area contributed by atoms with Gasteiger partial charge < -0.3 is 19.8 Å². The van der Waals surface area contributed by atoms with Crippen LogP contribution in [0.3, 0.4) is 0 Å². The number of aromatic nitrogens is 2. The number of rotatable bonds is 4. The van der Waals surface area contributed by atoms with Crippen LogP contribution in [0.5, 0.6) is 0 Å². The average molecular weight is 558 g/mol. The lowest BCUT2D eigenvalue weighted by atomic mass is 9.91. The number of amides is 1. The van der Waals surface area contributed by atoms with Gasteiger partial charge in [-0.25, -0.2) is 19.2 Å². The molecule has 1 amide bonds. The van der Waals surface area contributed by atoms with Gasteiger partial charge in [0.05, 0.1) is 27.6 Å². The van der Waals surface area contributed by atoms with E-state index in [1.807, 2.05) is 34.6 Å². The van der Waals surface area contributed by atoms with Gasteiger partial charge in [0.2, 0.25) is 0 Å². The van der Waals surface area contributed by atoms with Gasteiger partial charge in [0.1, 0.15) is 16.4 Å². The molecule has 0 atom stereocenters. The van der Waals surface area contributed by atoms with Crippen molar-refractivity contribution < 1.29 is 19.1 Å². The van der Waals surface area contributed by atoms with Gasteiger partial charge in [-0.1, -0.05) is 36.8 Å². The molecule has 200 valence electrons. The normalized spacial score (nSPS) is 18.0. The molecular weight excluding hydrogens is 529 g/mol. The van der Waals surface area contributed by atoms with Crippen molar-refractivity contribution in [2.75, 3.05) is 36.0 Å². The number of carboxylic acid groups (broad SMARTS) is 1. The molecule has 2 aliphatic rings. The zero-order valence-corrected chi connectivity index (χ0v) is 23.5. The van der Waals surface area contributed by atoms with Crippen molar-refractivity contribution in [3.8, 4) is 0 Å². The van der Waals surface area contributed by atoms with Crippen LogP contribution in [0.2, 0.25) is 5.02 Å². The second-order valence-corrected chi connectivity index (χ2v) is 12.4. The van der Waals surface area contributed by atoms with E-state index in [4.69, 9.17) is 16.6 Å². The maximum Gasteiger partial charge on any atom is 0.347 e. The van der Waals surface area contributed by atoms with Crippen LogP contribution < -0.4 is 9.80 Å². The predicted molar refractivity (Wildman–Crippen MR) is 147 cm³/mol. The van der Waals surface area contributed by atoms with Crippen LogP contribution in [0, 0.1) is 12.7 Å². The molecule has 2 aliphatic heterocycles. The Morgan fingerprint density at radius 1 is 1.08 bits per heavy atom. The number of aryl methyl sites for hydroxylation is 1. The third kappa shape index (κ3) is 4.49. The number of piperazine rings is 1. The maximum absolute atomic E-state index is 14.2. The summed E-state index contributed by atoms with van der Waals surface area (Å²) in [6.45, 7) is 11.9. The summed E-state index contributed by atoms with van der Waals surface area (Å²) >= 11 is 7.04. The molecule has 1 aromatic carbocycles. The minimum atomic E-state index is -0.982. The van der Waals surface area contributed by atoms with Crippen LogP contribution >= 0.6 is 22.9 Å². The number of pyridine rings is 1. The zero-order chi connectivity index (χ0) is 27.6. The summed E-state index contributed by atoms with van der Waals surface area (Å²) in [5.41, 5.74) is 2.26. The first kappa shape index (κ1) is 26.4. The van der Waals surface area contributed by atoms with Crippen LogP contribution in [0.15, 0.2) is 30.3 Å². The molecule has 1 fully saturated rings. The number of carboxylic acids is 1. The van der Waals surface area contributed by atoms with E-state index in [1.165, 1.54) is 6.07 Å². The summed E-state index contributed by atoms with van der Waals surface area (Å²) in [4.78, 5) is 40.6. The number of halogens is 2. The summed E-state index contributed by atoms with van der Waals surface area (Å²) in [6.07, 6.45) is 0. The van der Waals surface area contributed by atoms with E-state index < -0.39 is 17.3 Å². The molecule has 0 radical (unpaired) electrons. The van der Waals surface area contributed by atoms with Crippen molar-refractivity contribution in [1.82, 2.24) is 14.9 Å². The number of anilines is 3. The van der Waals surface area contributed by atoms with Gasteiger partial charge in [0.25, 0.3) is 5.91 Å². The van der Waals surface area contributed by atoms with Crippen LogP contribution in [0.1, 0.15) is 59.2 Å². The molecule has 4 heterocycles. The largest absolute Gasteiger partial charge is 0.477 e. The van der Waals surface area contributed by atoms with Gasteiger partial charge >= 0.3 is 5.97 Å². The SMILES string of the molecule is Cc1nc(N2CCN(C(=O)c3ccc4c(n3)C(C)(C)CN4c3ccc(Cl)c(F)c3)C(C)(C)C2)sc1C(=O)O. The molecule has 0 unspecified atom stereocenters. The maximum atomic E-state index is 14.2. The van der Waals surface area contributed by atoms with Crippen molar-refractivity contribution in [3.63, 3.8) is 0 Å². The van der Waals surface area contributed by atoms with E-state index in [2.05, 4.69) is 18.8 Å². The Bertz CT molecular complexity index is 1460. The molecule has 0 bridgehead atoms. The number of hydrogen-bond donors (Lipinski definition) is 1. The molecule has 1 N–H and O–H groups in total. The van der Waals surface area contributed by atoms with Crippen molar-refractivity contribution >= 4 is 51.3 Å². The van der Waals surface area contributed by atoms with Gasteiger partial charge in [-0.15, -0.1) is 0 Å². The van der Waals surface area contributed by atoms with Crippen molar-refractivity contribution in [1.29, 1.82) is 0 Å². The van der Waals surface area contributed by atoms with Crippen molar-refractivity contribution in [2.45, 2.75) is 45.6 Å². The van der Waals surface area contributed by atoms with E-state index in [9.17, 15) is 19.1 Å². The number of hydrogen-bond acceptors (Lipinski definition) is 7. The van der Waals surface area contributed by atoms with Crippen LogP contribution in [-0.2, 0) is 5.41 Å². The minimum absolute atomic E-state index is 0.0709. The Hall–Kier alpha value is -3.24. The standard InChI is InChI=1S/C27H29ClFN5O3S/c1-15-21(24(36)37)38-25(30-15)32-10-11-34(27(4,5)14-32)23(35)19-8-9-20-22(31-19)26(2,3)13-33(20)16-6-7-17(28)18(29)12-16/h6-9,12H,10-11,13-14H2,1-5H3,(H,36,37). The summed E-state index contributed by atoms with van der Waals surface area (Å²) in [5, 5.41) is 10.1. The lowest BCUT2D eigenvalue weighted by molar-refractivity contribution is 0.0507. The Kier molecular flexibility index (Phi) is 6.38. The first-order valence-electron chi connectivity index (χ1n) is 12.3. The smallest absolute Gasteiger partial charge is 0.347 e. The third-order valence-corrected chi connectivity index (χ3v) is 8.70. The number of carbonyl (C=O) groups excluding carboxylic acids is 1. The van der Waals surface area contributed by atoms with Crippen LogP contribution in [0.25, 0.3) is 0 Å². The van der Waals surface area contributed by atoms with E-state index in [1.54, 1.807) is 25.1 Å². The Morgan fingerprint density at radius 2 is 1.82 bits per heavy atom. The number of carbonyl (C=O) groups is 2. The summed E-state index contributed by atoms with van der Waals surface area (Å²) < 4.78 is 14.2. The first-order valence-corrected chi connectivity index (χ1v) is 13.5. The second kappa shape index (κ2) is 9.20. The number of fused-ring (bicyclic) bond motifs is 1. The molecule has 11 heteroatoms. The van der Waals surface area contributed by atoms with Gasteiger partial charge in [-0.2, -0.15) is 0 Å². The van der Waals surface area contributed by atoms with E-state index in [-0.39, 0.29) is 21.2 Å². The van der Waals surface area contributed by atoms with Crippen LogP contribution in [-0.4, -0.2) is 63.6 Å². The molecule has 2 aromatic heterocycles. The van der Waals surface area contributed by atoms with Gasteiger partial charge in [-0.05, 0) is 51.1 Å². The van der Waals surface area contributed by atoms with E-state index in [0.29, 0.717) is 48.4 Å². The van der Waals surface area contributed by atoms with Crippen molar-refractivity contribution in [2.24, 2.45) is 0 Å². The lowest BCUT2D eigenvalue weighted by Crippen LogP contribution is -2.61. The highest BCUT2D eigenvalue weighted by atomic mass is 35.5. The number of nitrogens with zero attached hydrogens (tertiary/aromatic N) is 5. The summed E-state index contributed by atoms with van der Waals surface area (Å²) in [7, 11) is 0. The fourth-order valence-electron chi connectivity index (χ4n) is 5.27. The molecule has 0 spiro atoms. The molecule has 1 saturated heterocycles. The average Bonchev–Trinajstić information content (AvgIpc) is 3.37. The highest BCUT2D eigenvalue weighted by Crippen LogP contribution is 2.44.